The molecule has 2 heterocycles. The van der Waals surface area contributed by atoms with Crippen LogP contribution in [0.15, 0.2) is 77.0 Å². The molecule has 0 saturated carbocycles. The second kappa shape index (κ2) is 6.50. The van der Waals surface area contributed by atoms with Crippen molar-refractivity contribution >= 4 is 11.8 Å². The lowest BCUT2D eigenvalue weighted by atomic mass is 10.1. The zero-order valence-electron chi connectivity index (χ0n) is 11.2. The molecule has 0 spiro atoms. The first-order chi connectivity index (χ1) is 10.3. The van der Waals surface area contributed by atoms with Crippen LogP contribution in [0, 0.1) is 5.82 Å². The molecule has 0 aliphatic carbocycles. The maximum atomic E-state index is 13.2. The summed E-state index contributed by atoms with van der Waals surface area (Å²) in [7, 11) is 0. The molecule has 104 valence electrons. The van der Waals surface area contributed by atoms with Crippen molar-refractivity contribution in [1.29, 1.82) is 0 Å². The van der Waals surface area contributed by atoms with Gasteiger partial charge in [0.25, 0.3) is 0 Å². The fourth-order valence-corrected chi connectivity index (χ4v) is 2.87. The van der Waals surface area contributed by atoms with E-state index in [1.165, 1.54) is 35.7 Å². The number of halogens is 1. The van der Waals surface area contributed by atoms with E-state index in [0.717, 1.165) is 17.0 Å². The van der Waals surface area contributed by atoms with Gasteiger partial charge < -0.3 is 0 Å². The topological polar surface area (TPSA) is 25.8 Å². The summed E-state index contributed by atoms with van der Waals surface area (Å²) in [5.41, 5.74) is 2.33. The Balaban J connectivity index is 1.86. The predicted molar refractivity (Wildman–Crippen MR) is 81.8 cm³/mol. The van der Waals surface area contributed by atoms with Crippen LogP contribution < -0.4 is 0 Å². The maximum absolute atomic E-state index is 13.2. The molecule has 0 fully saturated rings. The zero-order valence-corrected chi connectivity index (χ0v) is 12.1. The molecule has 2 nitrogen and oxygen atoms in total. The number of hydrogen-bond acceptors (Lipinski definition) is 3. The van der Waals surface area contributed by atoms with Crippen molar-refractivity contribution in [3.05, 3.63) is 83.9 Å². The first-order valence-electron chi connectivity index (χ1n) is 6.58. The zero-order chi connectivity index (χ0) is 14.5. The van der Waals surface area contributed by atoms with E-state index in [1.54, 1.807) is 6.20 Å². The van der Waals surface area contributed by atoms with Gasteiger partial charge in [-0.05, 0) is 35.0 Å². The third-order valence-electron chi connectivity index (χ3n) is 2.99. The van der Waals surface area contributed by atoms with Crippen LogP contribution in [-0.4, -0.2) is 9.97 Å². The van der Waals surface area contributed by atoms with Crippen molar-refractivity contribution in [2.24, 2.45) is 0 Å². The lowest BCUT2D eigenvalue weighted by Crippen LogP contribution is -1.94. The number of benzene rings is 1. The third kappa shape index (κ3) is 3.67. The minimum atomic E-state index is -0.284. The summed E-state index contributed by atoms with van der Waals surface area (Å²) in [4.78, 5) is 8.57. The molecule has 0 atom stereocenters. The number of pyridine rings is 2. The highest BCUT2D eigenvalue weighted by Crippen LogP contribution is 2.28. The third-order valence-corrected chi connectivity index (χ3v) is 3.98. The van der Waals surface area contributed by atoms with Gasteiger partial charge in [0.15, 0.2) is 0 Å². The molecule has 3 aromatic rings. The van der Waals surface area contributed by atoms with Gasteiger partial charge in [-0.15, -0.1) is 0 Å². The van der Waals surface area contributed by atoms with Crippen molar-refractivity contribution < 1.29 is 4.39 Å². The lowest BCUT2D eigenvalue weighted by molar-refractivity contribution is 0.620. The Kier molecular flexibility index (Phi) is 4.26. The van der Waals surface area contributed by atoms with Crippen molar-refractivity contribution in [3.8, 4) is 0 Å². The molecular formula is C17H13FN2S. The van der Waals surface area contributed by atoms with Crippen LogP contribution in [0.2, 0.25) is 0 Å². The molecule has 0 bridgehead atoms. The van der Waals surface area contributed by atoms with Gasteiger partial charge in [-0.3, -0.25) is 0 Å². The smallest absolute Gasteiger partial charge is 0.127 e. The van der Waals surface area contributed by atoms with Crippen LogP contribution in [0.25, 0.3) is 0 Å². The van der Waals surface area contributed by atoms with E-state index in [0.29, 0.717) is 5.03 Å². The Morgan fingerprint density at radius 3 is 2.57 bits per heavy atom. The second-order valence-electron chi connectivity index (χ2n) is 4.54. The fraction of sp³-hybridized carbons (Fsp3) is 0.0588. The van der Waals surface area contributed by atoms with Crippen molar-refractivity contribution in [2.75, 3.05) is 0 Å². The number of hydrogen-bond donors (Lipinski definition) is 0. The summed E-state index contributed by atoms with van der Waals surface area (Å²) in [6, 6.07) is 16.9. The molecule has 4 heteroatoms. The van der Waals surface area contributed by atoms with Gasteiger partial charge in [-0.2, -0.15) is 0 Å². The van der Waals surface area contributed by atoms with E-state index in [9.17, 15) is 4.39 Å². The van der Waals surface area contributed by atoms with Gasteiger partial charge in [0.2, 0.25) is 0 Å². The van der Waals surface area contributed by atoms with Crippen LogP contribution in [-0.2, 0) is 6.42 Å². The fourth-order valence-electron chi connectivity index (χ4n) is 2.01. The summed E-state index contributed by atoms with van der Waals surface area (Å²) in [6.07, 6.45) is 4.01. The Morgan fingerprint density at radius 2 is 1.76 bits per heavy atom. The van der Waals surface area contributed by atoms with Gasteiger partial charge in [-0.25, -0.2) is 14.4 Å². The number of nitrogens with zero attached hydrogens (tertiary/aromatic N) is 2. The SMILES string of the molecule is Fc1ccnc(Sc2ncccc2Cc2ccccc2)c1. The van der Waals surface area contributed by atoms with E-state index in [2.05, 4.69) is 22.1 Å². The Labute approximate surface area is 127 Å². The van der Waals surface area contributed by atoms with Crippen molar-refractivity contribution in [2.45, 2.75) is 16.5 Å². The molecule has 2 aromatic heterocycles. The van der Waals surface area contributed by atoms with Crippen LogP contribution in [0.1, 0.15) is 11.1 Å². The molecular weight excluding hydrogens is 283 g/mol. The molecule has 0 amide bonds. The average molecular weight is 296 g/mol. The largest absolute Gasteiger partial charge is 0.249 e. The highest BCUT2D eigenvalue weighted by molar-refractivity contribution is 7.99. The molecule has 0 aliphatic heterocycles. The molecule has 1 aromatic carbocycles. The summed E-state index contributed by atoms with van der Waals surface area (Å²) >= 11 is 1.39. The van der Waals surface area contributed by atoms with Crippen LogP contribution >= 0.6 is 11.8 Å². The van der Waals surface area contributed by atoms with E-state index in [-0.39, 0.29) is 5.82 Å². The molecule has 0 radical (unpaired) electrons. The van der Waals surface area contributed by atoms with Gasteiger partial charge in [-0.1, -0.05) is 36.4 Å². The molecule has 21 heavy (non-hydrogen) atoms. The summed E-state index contributed by atoms with van der Waals surface area (Å²) < 4.78 is 13.2. The van der Waals surface area contributed by atoms with Gasteiger partial charge in [0.1, 0.15) is 15.9 Å². The van der Waals surface area contributed by atoms with E-state index < -0.39 is 0 Å². The minimum Gasteiger partial charge on any atom is -0.249 e. The molecule has 3 rings (SSSR count). The van der Waals surface area contributed by atoms with E-state index >= 15 is 0 Å². The highest BCUT2D eigenvalue weighted by atomic mass is 32.2. The lowest BCUT2D eigenvalue weighted by Gasteiger charge is -2.07. The minimum absolute atomic E-state index is 0.284. The first kappa shape index (κ1) is 13.8. The van der Waals surface area contributed by atoms with Gasteiger partial charge >= 0.3 is 0 Å². The van der Waals surface area contributed by atoms with E-state index in [1.807, 2.05) is 30.3 Å². The van der Waals surface area contributed by atoms with Crippen LogP contribution in [0.4, 0.5) is 4.39 Å². The molecule has 0 N–H and O–H groups in total. The van der Waals surface area contributed by atoms with Crippen molar-refractivity contribution in [1.82, 2.24) is 9.97 Å². The van der Waals surface area contributed by atoms with Gasteiger partial charge in [0, 0.05) is 24.9 Å². The molecule has 0 unspecified atom stereocenters. The average Bonchev–Trinajstić information content (AvgIpc) is 2.50. The predicted octanol–water partition coefficient (Wildman–Crippen LogP) is 4.36. The molecule has 0 aliphatic rings. The van der Waals surface area contributed by atoms with Gasteiger partial charge in [0.05, 0.1) is 0 Å². The normalized spacial score (nSPS) is 10.5. The Morgan fingerprint density at radius 1 is 0.905 bits per heavy atom. The highest BCUT2D eigenvalue weighted by Gasteiger charge is 2.08. The summed E-state index contributed by atoms with van der Waals surface area (Å²) in [6.45, 7) is 0. The molecule has 0 saturated heterocycles. The Hall–Kier alpha value is -2.20. The maximum Gasteiger partial charge on any atom is 0.127 e. The number of rotatable bonds is 4. The Bertz CT molecular complexity index is 732. The van der Waals surface area contributed by atoms with Crippen LogP contribution in [0.5, 0.6) is 0 Å². The second-order valence-corrected chi connectivity index (χ2v) is 5.55. The van der Waals surface area contributed by atoms with Crippen LogP contribution in [0.3, 0.4) is 0 Å². The van der Waals surface area contributed by atoms with E-state index in [4.69, 9.17) is 0 Å². The van der Waals surface area contributed by atoms with Crippen molar-refractivity contribution in [3.63, 3.8) is 0 Å². The summed E-state index contributed by atoms with van der Waals surface area (Å²) in [5.74, 6) is -0.284. The standard InChI is InChI=1S/C17H13FN2S/c18-15-8-10-19-16(12-15)21-17-14(7-4-9-20-17)11-13-5-2-1-3-6-13/h1-10,12H,11H2. The monoisotopic (exact) mass is 296 g/mol. The quantitative estimate of drug-likeness (QED) is 0.715. The number of aromatic nitrogens is 2. The first-order valence-corrected chi connectivity index (χ1v) is 7.40. The summed E-state index contributed by atoms with van der Waals surface area (Å²) in [5, 5.41) is 1.47.